The summed E-state index contributed by atoms with van der Waals surface area (Å²) in [5.74, 6) is 0.358. The van der Waals surface area contributed by atoms with Crippen LogP contribution in [-0.2, 0) is 13.1 Å². The van der Waals surface area contributed by atoms with Gasteiger partial charge in [0, 0.05) is 11.2 Å². The van der Waals surface area contributed by atoms with Gasteiger partial charge in [-0.2, -0.15) is 18.3 Å². The zero-order valence-corrected chi connectivity index (χ0v) is 15.8. The molecule has 0 bridgehead atoms. The smallest absolute Gasteiger partial charge is 0.385 e. The summed E-state index contributed by atoms with van der Waals surface area (Å²) in [5, 5.41) is 25.8. The first kappa shape index (κ1) is 21.1. The molecule has 8 nitrogen and oxygen atoms in total. The van der Waals surface area contributed by atoms with Crippen molar-refractivity contribution in [3.63, 3.8) is 0 Å². The Bertz CT molecular complexity index is 1040. The Morgan fingerprint density at radius 1 is 1.24 bits per heavy atom. The number of nitrogens with zero attached hydrogens (tertiary/aromatic N) is 4. The Balaban J connectivity index is 2.02. The number of nitrogens with one attached hydrogen (secondary N) is 1. The molecule has 2 unspecified atom stereocenters. The van der Waals surface area contributed by atoms with Gasteiger partial charge in [-0.1, -0.05) is 23.7 Å². The lowest BCUT2D eigenvalue weighted by Crippen LogP contribution is -2.37. The fourth-order valence-corrected chi connectivity index (χ4v) is 2.79. The van der Waals surface area contributed by atoms with Gasteiger partial charge in [-0.05, 0) is 24.6 Å². The van der Waals surface area contributed by atoms with Crippen molar-refractivity contribution >= 4 is 11.6 Å². The number of benzene rings is 1. The molecule has 0 saturated carbocycles. The highest BCUT2D eigenvalue weighted by atomic mass is 35.5. The van der Waals surface area contributed by atoms with Crippen molar-refractivity contribution in [1.82, 2.24) is 24.3 Å². The molecule has 2 aromatic heterocycles. The molecule has 1 aromatic carbocycles. The van der Waals surface area contributed by atoms with E-state index in [0.717, 1.165) is 9.13 Å². The van der Waals surface area contributed by atoms with E-state index in [0.29, 0.717) is 10.6 Å². The Kier molecular flexibility index (Phi) is 5.82. The summed E-state index contributed by atoms with van der Waals surface area (Å²) >= 11 is 5.85. The van der Waals surface area contributed by atoms with E-state index in [1.807, 2.05) is 0 Å². The lowest BCUT2D eigenvalue weighted by Gasteiger charge is -2.16. The van der Waals surface area contributed by atoms with Crippen molar-refractivity contribution < 1.29 is 23.4 Å². The predicted octanol–water partition coefficient (Wildman–Crippen LogP) is 2.11. The largest absolute Gasteiger partial charge is 0.416 e. The molecule has 2 atom stereocenters. The topological polar surface area (TPSA) is 109 Å². The first-order chi connectivity index (χ1) is 13.6. The molecule has 0 fully saturated rings. The van der Waals surface area contributed by atoms with Gasteiger partial charge in [0.15, 0.2) is 17.8 Å². The molecule has 3 aromatic rings. The molecule has 12 heteroatoms. The van der Waals surface area contributed by atoms with Gasteiger partial charge in [0.05, 0.1) is 18.8 Å². The highest BCUT2D eigenvalue weighted by molar-refractivity contribution is 6.30. The minimum absolute atomic E-state index is 0.141. The van der Waals surface area contributed by atoms with Gasteiger partial charge in [0.2, 0.25) is 0 Å². The number of halogens is 4. The highest BCUT2D eigenvalue weighted by Gasteiger charge is 2.39. The Hall–Kier alpha value is -2.63. The minimum Gasteiger partial charge on any atom is -0.385 e. The van der Waals surface area contributed by atoms with Crippen molar-refractivity contribution in [3.05, 3.63) is 57.6 Å². The standard InChI is InChI=1S/C17H17ClF3N5O3/c1-9(27)15-22-14(23-24-15)8-25-6-12(10-2-4-11(18)5-3-10)26(16(25)29)7-13(28)17(19,20)21/h2-6,9,13,27-28H,7-8H2,1H3,(H,22,23,24). The molecule has 0 amide bonds. The molecule has 29 heavy (non-hydrogen) atoms. The van der Waals surface area contributed by atoms with Crippen LogP contribution in [0.25, 0.3) is 11.3 Å². The van der Waals surface area contributed by atoms with Crippen LogP contribution in [0.2, 0.25) is 5.02 Å². The summed E-state index contributed by atoms with van der Waals surface area (Å²) in [6.07, 6.45) is -7.14. The van der Waals surface area contributed by atoms with Crippen molar-refractivity contribution in [2.24, 2.45) is 0 Å². The third kappa shape index (κ3) is 4.69. The molecule has 0 saturated heterocycles. The second-order valence-electron chi connectivity index (χ2n) is 6.41. The summed E-state index contributed by atoms with van der Waals surface area (Å²) in [7, 11) is 0. The molecule has 0 aliphatic carbocycles. The number of H-pyrrole nitrogens is 1. The van der Waals surface area contributed by atoms with E-state index in [1.54, 1.807) is 12.1 Å². The van der Waals surface area contributed by atoms with Crippen LogP contribution in [0, 0.1) is 0 Å². The SMILES string of the molecule is CC(O)c1nc(Cn2cc(-c3ccc(Cl)cc3)n(CC(O)C(F)(F)F)c2=O)n[nH]1. The highest BCUT2D eigenvalue weighted by Crippen LogP contribution is 2.25. The van der Waals surface area contributed by atoms with Crippen LogP contribution < -0.4 is 5.69 Å². The van der Waals surface area contributed by atoms with Crippen molar-refractivity contribution in [3.8, 4) is 11.3 Å². The summed E-state index contributed by atoms with van der Waals surface area (Å²) in [5.41, 5.74) is -0.165. The van der Waals surface area contributed by atoms with E-state index in [2.05, 4.69) is 15.2 Å². The molecule has 3 N–H and O–H groups in total. The molecule has 0 spiro atoms. The van der Waals surface area contributed by atoms with E-state index in [1.165, 1.54) is 25.3 Å². The second-order valence-corrected chi connectivity index (χ2v) is 6.85. The number of aliphatic hydroxyl groups is 2. The van der Waals surface area contributed by atoms with Crippen LogP contribution in [0.3, 0.4) is 0 Å². The fraction of sp³-hybridized carbons (Fsp3) is 0.353. The minimum atomic E-state index is -4.88. The molecule has 0 aliphatic rings. The predicted molar refractivity (Wildman–Crippen MR) is 97.3 cm³/mol. The summed E-state index contributed by atoms with van der Waals surface area (Å²) < 4.78 is 40.5. The van der Waals surface area contributed by atoms with Gasteiger partial charge < -0.3 is 10.2 Å². The first-order valence-electron chi connectivity index (χ1n) is 8.46. The molecule has 156 valence electrons. The van der Waals surface area contributed by atoms with Gasteiger partial charge in [-0.3, -0.25) is 14.2 Å². The number of aromatic amines is 1. The summed E-state index contributed by atoms with van der Waals surface area (Å²) in [6.45, 7) is 0.363. The molecule has 3 rings (SSSR count). The first-order valence-corrected chi connectivity index (χ1v) is 8.84. The molecular weight excluding hydrogens is 415 g/mol. The van der Waals surface area contributed by atoms with Gasteiger partial charge in [0.1, 0.15) is 6.10 Å². The van der Waals surface area contributed by atoms with Crippen LogP contribution in [0.15, 0.2) is 35.3 Å². The second kappa shape index (κ2) is 8.01. The lowest BCUT2D eigenvalue weighted by molar-refractivity contribution is -0.207. The van der Waals surface area contributed by atoms with Crippen LogP contribution in [0.5, 0.6) is 0 Å². The van der Waals surface area contributed by atoms with Gasteiger partial charge in [0.25, 0.3) is 0 Å². The zero-order valence-electron chi connectivity index (χ0n) is 15.1. The Morgan fingerprint density at radius 3 is 2.45 bits per heavy atom. The maximum atomic E-state index is 12.8. The Morgan fingerprint density at radius 2 is 1.90 bits per heavy atom. The quantitative estimate of drug-likeness (QED) is 0.554. The van der Waals surface area contributed by atoms with Crippen molar-refractivity contribution in [2.75, 3.05) is 0 Å². The fourth-order valence-electron chi connectivity index (χ4n) is 2.67. The van der Waals surface area contributed by atoms with E-state index in [4.69, 9.17) is 11.6 Å². The van der Waals surface area contributed by atoms with Gasteiger partial charge in [-0.15, -0.1) is 0 Å². The van der Waals surface area contributed by atoms with Crippen LogP contribution >= 0.6 is 11.6 Å². The summed E-state index contributed by atoms with van der Waals surface area (Å²) in [6, 6.07) is 6.17. The monoisotopic (exact) mass is 431 g/mol. The van der Waals surface area contributed by atoms with Gasteiger partial charge >= 0.3 is 11.9 Å². The maximum Gasteiger partial charge on any atom is 0.416 e. The Labute approximate surface area is 167 Å². The van der Waals surface area contributed by atoms with E-state index < -0.39 is 30.6 Å². The number of rotatable bonds is 6. The van der Waals surface area contributed by atoms with Crippen LogP contribution in [0.1, 0.15) is 24.7 Å². The number of imidazole rings is 1. The van der Waals surface area contributed by atoms with E-state index in [9.17, 15) is 28.2 Å². The van der Waals surface area contributed by atoms with Crippen LogP contribution in [-0.4, -0.2) is 46.8 Å². The average Bonchev–Trinajstić information content (AvgIpc) is 3.22. The number of alkyl halides is 3. The summed E-state index contributed by atoms with van der Waals surface area (Å²) in [4.78, 5) is 16.8. The van der Waals surface area contributed by atoms with E-state index >= 15 is 0 Å². The lowest BCUT2D eigenvalue weighted by atomic mass is 10.1. The third-order valence-electron chi connectivity index (χ3n) is 4.18. The maximum absolute atomic E-state index is 12.8. The van der Waals surface area contributed by atoms with Crippen LogP contribution in [0.4, 0.5) is 13.2 Å². The van der Waals surface area contributed by atoms with E-state index in [-0.39, 0.29) is 23.9 Å². The number of aliphatic hydroxyl groups excluding tert-OH is 2. The molecular formula is C17H17ClF3N5O3. The normalized spacial score (nSPS) is 14.2. The number of aromatic nitrogens is 5. The number of hydrogen-bond acceptors (Lipinski definition) is 5. The molecule has 0 aliphatic heterocycles. The third-order valence-corrected chi connectivity index (χ3v) is 4.43. The molecule has 0 radical (unpaired) electrons. The molecule has 2 heterocycles. The van der Waals surface area contributed by atoms with Crippen molar-refractivity contribution in [2.45, 2.75) is 38.4 Å². The van der Waals surface area contributed by atoms with Crippen molar-refractivity contribution in [1.29, 1.82) is 0 Å². The zero-order chi connectivity index (χ0) is 21.3. The van der Waals surface area contributed by atoms with Gasteiger partial charge in [-0.25, -0.2) is 9.78 Å². The number of hydrogen-bond donors (Lipinski definition) is 3. The average molecular weight is 432 g/mol.